The molecule has 1 unspecified atom stereocenters. The number of nitrogens with one attached hydrogen (secondary N) is 1. The number of hydrogen-bond donors (Lipinski definition) is 1. The van der Waals surface area contributed by atoms with Gasteiger partial charge in [-0.05, 0) is 39.0 Å². The number of nitrogens with zero attached hydrogens (tertiary/aromatic N) is 2. The van der Waals surface area contributed by atoms with Crippen molar-refractivity contribution in [3.63, 3.8) is 0 Å². The molecule has 32 heavy (non-hydrogen) atoms. The molecule has 0 aliphatic carbocycles. The van der Waals surface area contributed by atoms with Crippen LogP contribution in [0.15, 0.2) is 40.6 Å². The molecule has 10 heteroatoms. The van der Waals surface area contributed by atoms with Crippen LogP contribution in [0.2, 0.25) is 5.02 Å². The number of carbonyl (C=O) groups excluding carboxylic acids is 2. The van der Waals surface area contributed by atoms with E-state index < -0.39 is 17.7 Å². The molecule has 0 bridgehead atoms. The predicted molar refractivity (Wildman–Crippen MR) is 121 cm³/mol. The summed E-state index contributed by atoms with van der Waals surface area (Å²) in [4.78, 5) is 25.0. The largest absolute Gasteiger partial charge is 0.493 e. The summed E-state index contributed by atoms with van der Waals surface area (Å²) in [6.07, 6.45) is 0. The minimum Gasteiger partial charge on any atom is -0.493 e. The van der Waals surface area contributed by atoms with E-state index in [-0.39, 0.29) is 10.7 Å². The van der Waals surface area contributed by atoms with Gasteiger partial charge < -0.3 is 24.3 Å². The van der Waals surface area contributed by atoms with Gasteiger partial charge in [0.2, 0.25) is 6.04 Å². The summed E-state index contributed by atoms with van der Waals surface area (Å²) < 4.78 is 21.6. The maximum absolute atomic E-state index is 12.9. The van der Waals surface area contributed by atoms with Crippen LogP contribution in [0.1, 0.15) is 20.8 Å². The number of amides is 1. The summed E-state index contributed by atoms with van der Waals surface area (Å²) in [5.41, 5.74) is 0.593. The number of para-hydroxylation sites is 1. The average molecular weight is 464 g/mol. The van der Waals surface area contributed by atoms with Gasteiger partial charge in [0.1, 0.15) is 17.2 Å². The standard InChI is InChI=1S/C22H26ClN3O6/c1-6-31-18-12-19(32-7-2)16(11-14(18)23)24-22(28)20(13(3)27)26-25-15-9-8-10-17(29-4)21(15)30-5/h8-12,20H,6-7H2,1-5H3,(H,24,28). The molecule has 1 amide bonds. The molecule has 9 nitrogen and oxygen atoms in total. The molecule has 0 heterocycles. The van der Waals surface area contributed by atoms with E-state index in [4.69, 9.17) is 30.5 Å². The molecule has 1 atom stereocenters. The lowest BCUT2D eigenvalue weighted by Gasteiger charge is -2.16. The number of methoxy groups -OCH3 is 2. The highest BCUT2D eigenvalue weighted by molar-refractivity contribution is 6.32. The average Bonchev–Trinajstić information content (AvgIpc) is 2.76. The zero-order valence-corrected chi connectivity index (χ0v) is 19.4. The first-order valence-electron chi connectivity index (χ1n) is 9.88. The number of hydrogen-bond acceptors (Lipinski definition) is 8. The third-order valence-electron chi connectivity index (χ3n) is 4.19. The Kier molecular flexibility index (Phi) is 9.27. The molecule has 0 saturated heterocycles. The first-order chi connectivity index (χ1) is 15.4. The van der Waals surface area contributed by atoms with Crippen LogP contribution in [-0.2, 0) is 9.59 Å². The van der Waals surface area contributed by atoms with E-state index in [1.165, 1.54) is 27.2 Å². The first kappa shape index (κ1) is 24.9. The second-order valence-electron chi connectivity index (χ2n) is 6.38. The van der Waals surface area contributed by atoms with Crippen LogP contribution in [0.3, 0.4) is 0 Å². The number of ketones is 1. The third kappa shape index (κ3) is 6.10. The molecule has 0 spiro atoms. The lowest BCUT2D eigenvalue weighted by Crippen LogP contribution is -2.32. The second-order valence-corrected chi connectivity index (χ2v) is 6.78. The van der Waals surface area contributed by atoms with Crippen molar-refractivity contribution in [2.75, 3.05) is 32.8 Å². The third-order valence-corrected chi connectivity index (χ3v) is 4.48. The molecule has 0 aromatic heterocycles. The van der Waals surface area contributed by atoms with Gasteiger partial charge in [-0.1, -0.05) is 17.7 Å². The van der Waals surface area contributed by atoms with Crippen LogP contribution in [0.5, 0.6) is 23.0 Å². The van der Waals surface area contributed by atoms with Crippen molar-refractivity contribution in [2.45, 2.75) is 26.8 Å². The molecule has 2 aromatic carbocycles. The van der Waals surface area contributed by atoms with Crippen molar-refractivity contribution in [3.05, 3.63) is 35.4 Å². The number of Topliss-reactive ketones (excluding diaryl/α,β-unsaturated/α-hetero) is 1. The lowest BCUT2D eigenvalue weighted by molar-refractivity contribution is -0.126. The highest BCUT2D eigenvalue weighted by Gasteiger charge is 2.25. The monoisotopic (exact) mass is 463 g/mol. The molecule has 172 valence electrons. The van der Waals surface area contributed by atoms with Crippen molar-refractivity contribution in [2.24, 2.45) is 10.2 Å². The molecule has 2 rings (SSSR count). The molecule has 0 saturated carbocycles. The Balaban J connectivity index is 2.33. The Morgan fingerprint density at radius 2 is 1.72 bits per heavy atom. The molecule has 0 radical (unpaired) electrons. The number of anilines is 1. The van der Waals surface area contributed by atoms with Gasteiger partial charge in [0, 0.05) is 6.07 Å². The van der Waals surface area contributed by atoms with Gasteiger partial charge in [-0.2, -0.15) is 10.2 Å². The van der Waals surface area contributed by atoms with E-state index in [0.29, 0.717) is 41.9 Å². The van der Waals surface area contributed by atoms with Crippen LogP contribution in [0, 0.1) is 0 Å². The number of benzene rings is 2. The van der Waals surface area contributed by atoms with E-state index in [9.17, 15) is 9.59 Å². The molecule has 1 N–H and O–H groups in total. The van der Waals surface area contributed by atoms with E-state index in [2.05, 4.69) is 15.5 Å². The summed E-state index contributed by atoms with van der Waals surface area (Å²) in [7, 11) is 2.94. The minimum absolute atomic E-state index is 0.283. The normalized spacial score (nSPS) is 11.7. The van der Waals surface area contributed by atoms with Crippen molar-refractivity contribution >= 4 is 34.7 Å². The topological polar surface area (TPSA) is 108 Å². The van der Waals surface area contributed by atoms with Crippen LogP contribution in [0.4, 0.5) is 11.4 Å². The highest BCUT2D eigenvalue weighted by atomic mass is 35.5. The smallest absolute Gasteiger partial charge is 0.258 e. The summed E-state index contributed by atoms with van der Waals surface area (Å²) in [5, 5.41) is 10.9. The van der Waals surface area contributed by atoms with Gasteiger partial charge in [0.25, 0.3) is 5.91 Å². The maximum Gasteiger partial charge on any atom is 0.258 e. The first-order valence-corrected chi connectivity index (χ1v) is 10.3. The summed E-state index contributed by atoms with van der Waals surface area (Å²) in [5.74, 6) is 0.356. The van der Waals surface area contributed by atoms with Gasteiger partial charge in [0.15, 0.2) is 17.3 Å². The SMILES string of the molecule is CCOc1cc(OCC)c(NC(=O)C(N=Nc2cccc(OC)c2OC)C(C)=O)cc1Cl. The fourth-order valence-corrected chi connectivity index (χ4v) is 2.98. The molecular weight excluding hydrogens is 438 g/mol. The zero-order valence-electron chi connectivity index (χ0n) is 18.6. The minimum atomic E-state index is -1.40. The maximum atomic E-state index is 12.9. The lowest BCUT2D eigenvalue weighted by atomic mass is 10.2. The number of halogens is 1. The molecular formula is C22H26ClN3O6. The number of rotatable bonds is 11. The Hall–Kier alpha value is -3.33. The molecule has 0 aliphatic heterocycles. The second kappa shape index (κ2) is 11.9. The molecule has 2 aromatic rings. The predicted octanol–water partition coefficient (Wildman–Crippen LogP) is 4.83. The van der Waals surface area contributed by atoms with Gasteiger partial charge in [-0.3, -0.25) is 9.59 Å². The number of azo groups is 1. The Morgan fingerprint density at radius 1 is 1.03 bits per heavy atom. The quantitative estimate of drug-likeness (QED) is 0.377. The molecule has 0 fully saturated rings. The van der Waals surface area contributed by atoms with Crippen molar-refractivity contribution in [1.29, 1.82) is 0 Å². The Morgan fingerprint density at radius 3 is 2.31 bits per heavy atom. The summed E-state index contributed by atoms with van der Waals surface area (Å²) in [6.45, 7) is 5.64. The summed E-state index contributed by atoms with van der Waals surface area (Å²) in [6, 6.07) is 6.68. The van der Waals surface area contributed by atoms with Crippen molar-refractivity contribution in [1.82, 2.24) is 0 Å². The van der Waals surface area contributed by atoms with E-state index >= 15 is 0 Å². The van der Waals surface area contributed by atoms with Crippen molar-refractivity contribution in [3.8, 4) is 23.0 Å². The van der Waals surface area contributed by atoms with E-state index in [0.717, 1.165) is 0 Å². The summed E-state index contributed by atoms with van der Waals surface area (Å²) >= 11 is 6.24. The molecule has 0 aliphatic rings. The fraction of sp³-hybridized carbons (Fsp3) is 0.364. The highest BCUT2D eigenvalue weighted by Crippen LogP contribution is 2.38. The van der Waals surface area contributed by atoms with Gasteiger partial charge >= 0.3 is 0 Å². The van der Waals surface area contributed by atoms with Crippen LogP contribution in [0.25, 0.3) is 0 Å². The van der Waals surface area contributed by atoms with Crippen LogP contribution in [-0.4, -0.2) is 45.2 Å². The fourth-order valence-electron chi connectivity index (χ4n) is 2.76. The number of carbonyl (C=O) groups is 2. The van der Waals surface area contributed by atoms with Gasteiger partial charge in [0.05, 0.1) is 38.1 Å². The van der Waals surface area contributed by atoms with Crippen molar-refractivity contribution < 1.29 is 28.5 Å². The Bertz CT molecular complexity index is 996. The Labute approximate surface area is 191 Å². The van der Waals surface area contributed by atoms with E-state index in [1.54, 1.807) is 31.2 Å². The van der Waals surface area contributed by atoms with Crippen LogP contribution >= 0.6 is 11.6 Å². The number of ether oxygens (including phenoxy) is 4. The van der Waals surface area contributed by atoms with Crippen LogP contribution < -0.4 is 24.3 Å². The zero-order chi connectivity index (χ0) is 23.7. The van der Waals surface area contributed by atoms with E-state index in [1.807, 2.05) is 6.92 Å². The van der Waals surface area contributed by atoms with Gasteiger partial charge in [-0.15, -0.1) is 0 Å². The van der Waals surface area contributed by atoms with Gasteiger partial charge in [-0.25, -0.2) is 0 Å².